The maximum absolute atomic E-state index is 14.0. The number of ether oxygens (including phenoxy) is 2. The molecule has 0 spiro atoms. The first kappa shape index (κ1) is 25.2. The second kappa shape index (κ2) is 10.5. The van der Waals surface area contributed by atoms with Crippen LogP contribution < -0.4 is 25.8 Å². The summed E-state index contributed by atoms with van der Waals surface area (Å²) in [6.07, 6.45) is 3.13. The molecule has 5 rings (SSSR count). The topological polar surface area (TPSA) is 133 Å². The number of aromatic nitrogens is 3. The summed E-state index contributed by atoms with van der Waals surface area (Å²) in [6.45, 7) is 0. The number of hydrogen-bond acceptors (Lipinski definition) is 7. The predicted octanol–water partition coefficient (Wildman–Crippen LogP) is 5.00. The van der Waals surface area contributed by atoms with Gasteiger partial charge in [0.05, 0.1) is 23.9 Å². The number of para-hydroxylation sites is 1. The summed E-state index contributed by atoms with van der Waals surface area (Å²) in [5.74, 6) is -0.0558. The fourth-order valence-corrected chi connectivity index (χ4v) is 3.97. The van der Waals surface area contributed by atoms with Gasteiger partial charge in [-0.1, -0.05) is 12.1 Å². The quantitative estimate of drug-likeness (QED) is 0.259. The number of nitrogens with zero attached hydrogens (tertiary/aromatic N) is 3. The molecule has 4 N–H and O–H groups in total. The molecule has 0 radical (unpaired) electrons. The molecule has 2 heterocycles. The van der Waals surface area contributed by atoms with E-state index in [1.165, 1.54) is 23.9 Å². The first-order chi connectivity index (χ1) is 18.8. The Morgan fingerprint density at radius 2 is 1.77 bits per heavy atom. The summed E-state index contributed by atoms with van der Waals surface area (Å²) >= 11 is 0. The summed E-state index contributed by atoms with van der Waals surface area (Å²) < 4.78 is 26.8. The van der Waals surface area contributed by atoms with E-state index in [1.807, 2.05) is 0 Å². The summed E-state index contributed by atoms with van der Waals surface area (Å²) in [5.41, 5.74) is 7.25. The number of nitrogens with two attached hydrogens (primary N) is 1. The van der Waals surface area contributed by atoms with E-state index >= 15 is 0 Å². The van der Waals surface area contributed by atoms with Crippen LogP contribution in [0, 0.1) is 5.82 Å². The number of amides is 2. The van der Waals surface area contributed by atoms with Gasteiger partial charge in [-0.15, -0.1) is 0 Å². The van der Waals surface area contributed by atoms with Gasteiger partial charge in [-0.25, -0.2) is 4.39 Å². The summed E-state index contributed by atoms with van der Waals surface area (Å²) in [7, 11) is 3.13. The first-order valence-electron chi connectivity index (χ1n) is 11.7. The van der Waals surface area contributed by atoms with Crippen LogP contribution in [-0.2, 0) is 7.05 Å². The van der Waals surface area contributed by atoms with E-state index in [9.17, 15) is 14.0 Å². The molecule has 0 fully saturated rings. The minimum absolute atomic E-state index is 0.0730. The van der Waals surface area contributed by atoms with Gasteiger partial charge < -0.3 is 25.8 Å². The number of carbonyl (C=O) groups excluding carboxylic acids is 2. The first-order valence-corrected chi connectivity index (χ1v) is 11.7. The van der Waals surface area contributed by atoms with Crippen molar-refractivity contribution in [2.75, 3.05) is 17.7 Å². The van der Waals surface area contributed by atoms with Crippen molar-refractivity contribution in [3.05, 3.63) is 96.1 Å². The SMILES string of the molecule is COc1cc2nccc(Oc3ccc(Nc4nn(C)cc4C(=O)Nc4ccccc4F)cc3)c2cc1C(N)=O. The number of primary amides is 1. The molecule has 10 nitrogen and oxygen atoms in total. The number of carbonyl (C=O) groups is 2. The molecule has 11 heteroatoms. The fraction of sp³-hybridized carbons (Fsp3) is 0.0714. The Morgan fingerprint density at radius 3 is 2.49 bits per heavy atom. The minimum atomic E-state index is -0.629. The van der Waals surface area contributed by atoms with Crippen LogP contribution >= 0.6 is 0 Å². The molecule has 3 aromatic carbocycles. The Hall–Kier alpha value is -5.45. The average Bonchev–Trinajstić information content (AvgIpc) is 3.30. The van der Waals surface area contributed by atoms with Gasteiger partial charge in [0.25, 0.3) is 11.8 Å². The molecule has 2 amide bonds. The molecule has 196 valence electrons. The Morgan fingerprint density at radius 1 is 1.00 bits per heavy atom. The number of rotatable bonds is 8. The van der Waals surface area contributed by atoms with E-state index in [-0.39, 0.29) is 16.8 Å². The molecular formula is C28H23FN6O4. The largest absolute Gasteiger partial charge is 0.496 e. The Kier molecular flexibility index (Phi) is 6.79. The zero-order valence-electron chi connectivity index (χ0n) is 20.9. The molecule has 0 aliphatic carbocycles. The van der Waals surface area contributed by atoms with Gasteiger partial charge in [-0.3, -0.25) is 19.3 Å². The Labute approximate surface area is 222 Å². The van der Waals surface area contributed by atoms with Crippen molar-refractivity contribution < 1.29 is 23.5 Å². The van der Waals surface area contributed by atoms with Gasteiger partial charge in [0.15, 0.2) is 5.82 Å². The van der Waals surface area contributed by atoms with Gasteiger partial charge in [0.2, 0.25) is 0 Å². The van der Waals surface area contributed by atoms with E-state index in [0.717, 1.165) is 0 Å². The highest BCUT2D eigenvalue weighted by Crippen LogP contribution is 2.33. The number of anilines is 3. The van der Waals surface area contributed by atoms with Crippen LogP contribution in [0.1, 0.15) is 20.7 Å². The maximum atomic E-state index is 14.0. The predicted molar refractivity (Wildman–Crippen MR) is 144 cm³/mol. The van der Waals surface area contributed by atoms with Crippen LogP contribution in [0.5, 0.6) is 17.2 Å². The van der Waals surface area contributed by atoms with Crippen LogP contribution in [-0.4, -0.2) is 33.7 Å². The van der Waals surface area contributed by atoms with Gasteiger partial charge in [-0.05, 0) is 48.5 Å². The van der Waals surface area contributed by atoms with Crippen molar-refractivity contribution in [1.29, 1.82) is 0 Å². The molecular weight excluding hydrogens is 503 g/mol. The lowest BCUT2D eigenvalue weighted by molar-refractivity contribution is 0.0995. The monoisotopic (exact) mass is 526 g/mol. The van der Waals surface area contributed by atoms with Gasteiger partial charge in [0.1, 0.15) is 28.6 Å². The van der Waals surface area contributed by atoms with E-state index in [1.54, 1.807) is 74.0 Å². The van der Waals surface area contributed by atoms with E-state index in [2.05, 4.69) is 20.7 Å². The number of halogens is 1. The molecule has 0 aliphatic heterocycles. The number of fused-ring (bicyclic) bond motifs is 1. The van der Waals surface area contributed by atoms with Crippen LogP contribution in [0.25, 0.3) is 10.9 Å². The number of pyridine rings is 1. The normalized spacial score (nSPS) is 10.7. The van der Waals surface area contributed by atoms with Crippen LogP contribution in [0.3, 0.4) is 0 Å². The average molecular weight is 527 g/mol. The number of hydrogen-bond donors (Lipinski definition) is 3. The number of benzene rings is 3. The highest BCUT2D eigenvalue weighted by Gasteiger charge is 2.18. The third-order valence-electron chi connectivity index (χ3n) is 5.83. The molecule has 2 aromatic heterocycles. The lowest BCUT2D eigenvalue weighted by Crippen LogP contribution is -2.14. The van der Waals surface area contributed by atoms with Crippen molar-refractivity contribution in [2.24, 2.45) is 12.8 Å². The highest BCUT2D eigenvalue weighted by molar-refractivity contribution is 6.07. The summed E-state index contributed by atoms with van der Waals surface area (Å²) in [6, 6.07) is 17.8. The minimum Gasteiger partial charge on any atom is -0.496 e. The second-order valence-corrected chi connectivity index (χ2v) is 8.49. The molecule has 0 aliphatic rings. The number of nitrogens with one attached hydrogen (secondary N) is 2. The van der Waals surface area contributed by atoms with Crippen molar-refractivity contribution in [3.8, 4) is 17.2 Å². The zero-order chi connectivity index (χ0) is 27.5. The lowest BCUT2D eigenvalue weighted by atomic mass is 10.1. The summed E-state index contributed by atoms with van der Waals surface area (Å²) in [4.78, 5) is 29.0. The molecule has 39 heavy (non-hydrogen) atoms. The van der Waals surface area contributed by atoms with Crippen molar-refractivity contribution >= 4 is 39.9 Å². The Balaban J connectivity index is 1.35. The zero-order valence-corrected chi connectivity index (χ0v) is 20.9. The van der Waals surface area contributed by atoms with Crippen LogP contribution in [0.2, 0.25) is 0 Å². The van der Waals surface area contributed by atoms with Crippen molar-refractivity contribution in [1.82, 2.24) is 14.8 Å². The molecule has 0 bridgehead atoms. The van der Waals surface area contributed by atoms with Crippen molar-refractivity contribution in [3.63, 3.8) is 0 Å². The molecule has 0 unspecified atom stereocenters. The third-order valence-corrected chi connectivity index (χ3v) is 5.83. The van der Waals surface area contributed by atoms with Gasteiger partial charge in [0, 0.05) is 36.6 Å². The summed E-state index contributed by atoms with van der Waals surface area (Å²) in [5, 5.41) is 10.6. The highest BCUT2D eigenvalue weighted by atomic mass is 19.1. The maximum Gasteiger partial charge on any atom is 0.261 e. The fourth-order valence-electron chi connectivity index (χ4n) is 3.97. The number of aryl methyl sites for hydroxylation is 1. The van der Waals surface area contributed by atoms with Crippen molar-refractivity contribution in [2.45, 2.75) is 0 Å². The van der Waals surface area contributed by atoms with Crippen LogP contribution in [0.4, 0.5) is 21.6 Å². The Bertz CT molecular complexity index is 1700. The molecule has 0 saturated heterocycles. The van der Waals surface area contributed by atoms with E-state index in [4.69, 9.17) is 15.2 Å². The third kappa shape index (κ3) is 5.32. The number of methoxy groups -OCH3 is 1. The second-order valence-electron chi connectivity index (χ2n) is 8.49. The molecule has 0 saturated carbocycles. The van der Waals surface area contributed by atoms with Gasteiger partial charge >= 0.3 is 0 Å². The standard InChI is InChI=1S/C28H23FN6O4/c1-35-15-20(28(37)33-22-6-4-3-5-21(22)29)27(34-35)32-16-7-9-17(10-8-16)39-24-11-12-31-23-14-25(38-2)19(26(30)36)13-18(23)24/h3-15H,1-2H3,(H2,30,36)(H,32,34)(H,33,37). The van der Waals surface area contributed by atoms with Gasteiger partial charge in [-0.2, -0.15) is 5.10 Å². The smallest absolute Gasteiger partial charge is 0.261 e. The lowest BCUT2D eigenvalue weighted by Gasteiger charge is -2.12. The van der Waals surface area contributed by atoms with E-state index < -0.39 is 17.6 Å². The van der Waals surface area contributed by atoms with Crippen LogP contribution in [0.15, 0.2) is 79.1 Å². The molecule has 0 atom stereocenters. The molecule has 5 aromatic rings. The van der Waals surface area contributed by atoms with E-state index in [0.29, 0.717) is 39.7 Å².